The molecule has 0 aliphatic rings. The molecule has 232 valence electrons. The Morgan fingerprint density at radius 2 is 1.65 bits per heavy atom. The van der Waals surface area contributed by atoms with Crippen LogP contribution in [0.1, 0.15) is 79.0 Å². The van der Waals surface area contributed by atoms with Gasteiger partial charge in [-0.1, -0.05) is 83.7 Å². The smallest absolute Gasteiger partial charge is 0.319 e. The summed E-state index contributed by atoms with van der Waals surface area (Å²) >= 11 is 1.50. The lowest BCUT2D eigenvalue weighted by Crippen LogP contribution is -2.38. The maximum atomic E-state index is 13.8. The summed E-state index contributed by atoms with van der Waals surface area (Å²) in [6.45, 7) is 11.0. The zero-order chi connectivity index (χ0) is 31.2. The Bertz CT molecular complexity index is 1360. The summed E-state index contributed by atoms with van der Waals surface area (Å²) < 4.78 is 6.81. The molecule has 0 fully saturated rings. The van der Waals surface area contributed by atoms with E-state index >= 15 is 0 Å². The Kier molecular flexibility index (Phi) is 14.0. The minimum Gasteiger partial charge on any atom is -0.465 e. The Balaban J connectivity index is 1.84. The Morgan fingerprint density at radius 1 is 0.953 bits per heavy atom. The number of hydrogen-bond acceptors (Lipinski definition) is 6. The predicted octanol–water partition coefficient (Wildman–Crippen LogP) is 7.55. The maximum Gasteiger partial charge on any atom is 0.319 e. The first-order valence-corrected chi connectivity index (χ1v) is 16.5. The Morgan fingerprint density at radius 3 is 2.28 bits per heavy atom. The molecule has 0 spiro atoms. The van der Waals surface area contributed by atoms with Gasteiger partial charge < -0.3 is 9.64 Å². The molecule has 0 bridgehead atoms. The van der Waals surface area contributed by atoms with Gasteiger partial charge >= 0.3 is 5.97 Å². The van der Waals surface area contributed by atoms with E-state index in [0.717, 1.165) is 48.3 Å². The number of rotatable bonds is 17. The van der Waals surface area contributed by atoms with Gasteiger partial charge in [-0.15, -0.1) is 11.8 Å². The van der Waals surface area contributed by atoms with Crippen LogP contribution in [-0.2, 0) is 27.3 Å². The second-order valence-electron chi connectivity index (χ2n) is 11.1. The lowest BCUT2D eigenvalue weighted by molar-refractivity contribution is -0.142. The second kappa shape index (κ2) is 17.7. The van der Waals surface area contributed by atoms with Crippen LogP contribution in [0.15, 0.2) is 70.4 Å². The van der Waals surface area contributed by atoms with Crippen LogP contribution in [0.2, 0.25) is 0 Å². The Hall–Kier alpha value is -3.39. The molecule has 3 aromatic rings. The van der Waals surface area contributed by atoms with Crippen LogP contribution in [0, 0.1) is 5.92 Å². The average Bonchev–Trinajstić information content (AvgIpc) is 3.00. The standard InChI is InChI=1S/C35H47N3O4S/c1-6-9-10-11-15-22-37(28-18-20-29(21-19-28)43-31(23-26(4)5)35(41)42-8-3)34(40)25-38-32(7-2)36-30(24-33(38)39)27-16-13-12-14-17-27/h12-14,16-21,24,26,31H,6-11,15,22-23,25H2,1-5H3/t31-/m0/s1. The zero-order valence-corrected chi connectivity index (χ0v) is 27.2. The number of thioether (sulfide) groups is 1. The first kappa shape index (κ1) is 34.1. The van der Waals surface area contributed by atoms with Gasteiger partial charge in [-0.2, -0.15) is 0 Å². The molecule has 1 heterocycles. The zero-order valence-electron chi connectivity index (χ0n) is 26.4. The van der Waals surface area contributed by atoms with E-state index in [2.05, 4.69) is 20.8 Å². The van der Waals surface area contributed by atoms with Crippen molar-refractivity contribution >= 4 is 29.3 Å². The molecule has 0 unspecified atom stereocenters. The fraction of sp³-hybridized carbons (Fsp3) is 0.486. The van der Waals surface area contributed by atoms with E-state index in [9.17, 15) is 14.4 Å². The number of amides is 1. The van der Waals surface area contributed by atoms with Crippen molar-refractivity contribution in [3.63, 3.8) is 0 Å². The van der Waals surface area contributed by atoms with Crippen LogP contribution in [0.25, 0.3) is 11.3 Å². The van der Waals surface area contributed by atoms with Crippen molar-refractivity contribution in [2.24, 2.45) is 5.92 Å². The quantitative estimate of drug-likeness (QED) is 0.0898. The van der Waals surface area contributed by atoms with Crippen LogP contribution < -0.4 is 10.5 Å². The van der Waals surface area contributed by atoms with Crippen molar-refractivity contribution in [2.75, 3.05) is 18.1 Å². The molecule has 7 nitrogen and oxygen atoms in total. The summed E-state index contributed by atoms with van der Waals surface area (Å²) in [5, 5.41) is -0.284. The summed E-state index contributed by atoms with van der Waals surface area (Å²) in [4.78, 5) is 47.1. The van der Waals surface area contributed by atoms with Crippen molar-refractivity contribution in [1.82, 2.24) is 9.55 Å². The van der Waals surface area contributed by atoms with E-state index in [0.29, 0.717) is 37.0 Å². The first-order valence-electron chi connectivity index (χ1n) is 15.7. The van der Waals surface area contributed by atoms with E-state index in [1.807, 2.05) is 68.4 Å². The predicted molar refractivity (Wildman–Crippen MR) is 177 cm³/mol. The molecule has 0 aliphatic heterocycles. The number of aryl methyl sites for hydroxylation is 1. The van der Waals surface area contributed by atoms with Crippen LogP contribution in [0.4, 0.5) is 5.69 Å². The molecule has 1 atom stereocenters. The molecule has 2 aromatic carbocycles. The van der Waals surface area contributed by atoms with Crippen LogP contribution in [-0.4, -0.2) is 39.8 Å². The van der Waals surface area contributed by atoms with Crippen molar-refractivity contribution in [1.29, 1.82) is 0 Å². The molecule has 3 rings (SSSR count). The fourth-order valence-corrected chi connectivity index (χ4v) is 6.23. The molecule has 1 amide bonds. The molecular formula is C35H47N3O4S. The maximum absolute atomic E-state index is 13.8. The average molecular weight is 606 g/mol. The third kappa shape index (κ3) is 10.4. The van der Waals surface area contributed by atoms with Gasteiger partial charge in [0.25, 0.3) is 5.56 Å². The fourth-order valence-electron chi connectivity index (χ4n) is 4.97. The van der Waals surface area contributed by atoms with Crippen molar-refractivity contribution in [2.45, 2.75) is 96.3 Å². The highest BCUT2D eigenvalue weighted by atomic mass is 32.2. The summed E-state index contributed by atoms with van der Waals surface area (Å²) in [6.07, 6.45) is 6.62. The number of anilines is 1. The summed E-state index contributed by atoms with van der Waals surface area (Å²) in [7, 11) is 0. The van der Waals surface area contributed by atoms with Gasteiger partial charge in [0.15, 0.2) is 0 Å². The summed E-state index contributed by atoms with van der Waals surface area (Å²) in [6, 6.07) is 18.9. The highest BCUT2D eigenvalue weighted by molar-refractivity contribution is 8.00. The highest BCUT2D eigenvalue weighted by Gasteiger charge is 2.23. The molecular weight excluding hydrogens is 558 g/mol. The molecule has 0 saturated carbocycles. The number of unbranched alkanes of at least 4 members (excludes halogenated alkanes) is 4. The van der Waals surface area contributed by atoms with E-state index in [1.54, 1.807) is 4.90 Å². The van der Waals surface area contributed by atoms with Crippen molar-refractivity contribution in [3.05, 3.63) is 76.8 Å². The SMILES string of the molecule is CCCCCCCN(C(=O)Cn1c(CC)nc(-c2ccccc2)cc1=O)c1ccc(S[C@@H](CC(C)C)C(=O)OCC)cc1. The number of esters is 1. The van der Waals surface area contributed by atoms with E-state index in [-0.39, 0.29) is 29.2 Å². The van der Waals surface area contributed by atoms with Crippen molar-refractivity contribution in [3.8, 4) is 11.3 Å². The first-order chi connectivity index (χ1) is 20.8. The molecule has 8 heteroatoms. The number of benzene rings is 2. The number of nitrogens with zero attached hydrogens (tertiary/aromatic N) is 3. The highest BCUT2D eigenvalue weighted by Crippen LogP contribution is 2.30. The van der Waals surface area contributed by atoms with Crippen LogP contribution in [0.3, 0.4) is 0 Å². The molecule has 0 aliphatic carbocycles. The Labute approximate surface area is 261 Å². The molecule has 0 N–H and O–H groups in total. The number of carbonyl (C=O) groups is 2. The largest absolute Gasteiger partial charge is 0.465 e. The van der Waals surface area contributed by atoms with E-state index in [1.165, 1.54) is 28.8 Å². The summed E-state index contributed by atoms with van der Waals surface area (Å²) in [5.74, 6) is 0.601. The van der Waals surface area contributed by atoms with E-state index < -0.39 is 0 Å². The number of hydrogen-bond donors (Lipinski definition) is 0. The third-order valence-corrected chi connectivity index (χ3v) is 8.43. The number of aromatic nitrogens is 2. The van der Waals surface area contributed by atoms with Gasteiger partial charge in [0.05, 0.1) is 12.3 Å². The van der Waals surface area contributed by atoms with Gasteiger partial charge in [0.2, 0.25) is 5.91 Å². The van der Waals surface area contributed by atoms with Crippen LogP contribution in [0.5, 0.6) is 0 Å². The number of ether oxygens (including phenoxy) is 1. The molecule has 1 aromatic heterocycles. The minimum atomic E-state index is -0.284. The lowest BCUT2D eigenvalue weighted by atomic mass is 10.1. The van der Waals surface area contributed by atoms with Gasteiger partial charge in [0.1, 0.15) is 17.6 Å². The van der Waals surface area contributed by atoms with Gasteiger partial charge in [0, 0.05) is 35.2 Å². The number of carbonyl (C=O) groups excluding carboxylic acids is 2. The van der Waals surface area contributed by atoms with Gasteiger partial charge in [-0.25, -0.2) is 4.98 Å². The summed E-state index contributed by atoms with van der Waals surface area (Å²) in [5.41, 5.74) is 2.04. The molecule has 0 saturated heterocycles. The normalized spacial score (nSPS) is 11.9. The molecule has 43 heavy (non-hydrogen) atoms. The van der Waals surface area contributed by atoms with E-state index in [4.69, 9.17) is 9.72 Å². The van der Waals surface area contributed by atoms with Crippen LogP contribution >= 0.6 is 11.8 Å². The topological polar surface area (TPSA) is 81.5 Å². The second-order valence-corrected chi connectivity index (χ2v) is 12.4. The van der Waals surface area contributed by atoms with Gasteiger partial charge in [-0.3, -0.25) is 19.0 Å². The molecule has 0 radical (unpaired) electrons. The lowest BCUT2D eigenvalue weighted by Gasteiger charge is -2.25. The minimum absolute atomic E-state index is 0.0745. The van der Waals surface area contributed by atoms with Crippen molar-refractivity contribution < 1.29 is 14.3 Å². The monoisotopic (exact) mass is 605 g/mol. The third-order valence-electron chi connectivity index (χ3n) is 7.21. The van der Waals surface area contributed by atoms with Gasteiger partial charge in [-0.05, 0) is 49.9 Å².